The van der Waals surface area contributed by atoms with Gasteiger partial charge in [-0.2, -0.15) is 0 Å². The maximum atomic E-state index is 11.7. The molecule has 0 saturated heterocycles. The van der Waals surface area contributed by atoms with Gasteiger partial charge in [-0.3, -0.25) is 4.79 Å². The average molecular weight is 238 g/mol. The fourth-order valence-corrected chi connectivity index (χ4v) is 1.18. The number of hydrogen-bond acceptors (Lipinski definition) is 3. The number of ether oxygens (including phenoxy) is 1. The van der Waals surface area contributed by atoms with Crippen LogP contribution < -0.4 is 11.1 Å². The van der Waals surface area contributed by atoms with Crippen LogP contribution in [0.5, 0.6) is 0 Å². The summed E-state index contributed by atoms with van der Waals surface area (Å²) in [5.41, 5.74) is 5.33. The van der Waals surface area contributed by atoms with Gasteiger partial charge in [0.25, 0.3) is 6.43 Å². The first kappa shape index (κ1) is 15.2. The van der Waals surface area contributed by atoms with Crippen LogP contribution in [0.25, 0.3) is 0 Å². The number of carbonyl (C=O) groups excluding carboxylic acids is 1. The maximum absolute atomic E-state index is 11.7. The van der Waals surface area contributed by atoms with E-state index < -0.39 is 13.0 Å². The summed E-state index contributed by atoms with van der Waals surface area (Å²) in [7, 11) is 0. The number of nitrogens with one attached hydrogen (secondary N) is 1. The molecule has 0 radical (unpaired) electrons. The van der Waals surface area contributed by atoms with Gasteiger partial charge in [0.05, 0.1) is 6.61 Å². The summed E-state index contributed by atoms with van der Waals surface area (Å²) in [6.07, 6.45) is -0.699. The predicted molar refractivity (Wildman–Crippen MR) is 57.3 cm³/mol. The fourth-order valence-electron chi connectivity index (χ4n) is 1.18. The van der Waals surface area contributed by atoms with Crippen molar-refractivity contribution in [3.05, 3.63) is 0 Å². The molecule has 16 heavy (non-hydrogen) atoms. The molecule has 0 rings (SSSR count). The van der Waals surface area contributed by atoms with Crippen LogP contribution in [-0.2, 0) is 9.53 Å². The smallest absolute Gasteiger partial charge is 0.261 e. The largest absolute Gasteiger partial charge is 0.375 e. The number of halogens is 2. The molecule has 0 heterocycles. The van der Waals surface area contributed by atoms with Gasteiger partial charge in [0.15, 0.2) is 0 Å². The lowest BCUT2D eigenvalue weighted by atomic mass is 10.2. The minimum Gasteiger partial charge on any atom is -0.375 e. The molecule has 6 heteroatoms. The molecule has 96 valence electrons. The molecule has 0 saturated carbocycles. The highest BCUT2D eigenvalue weighted by Gasteiger charge is 2.07. The van der Waals surface area contributed by atoms with E-state index in [4.69, 9.17) is 5.73 Å². The Morgan fingerprint density at radius 3 is 2.75 bits per heavy atom. The molecule has 0 aliphatic heterocycles. The van der Waals surface area contributed by atoms with Crippen molar-refractivity contribution in [2.45, 2.75) is 38.7 Å². The topological polar surface area (TPSA) is 64.3 Å². The second-order valence-electron chi connectivity index (χ2n) is 3.62. The van der Waals surface area contributed by atoms with Crippen LogP contribution in [0.3, 0.4) is 0 Å². The first-order valence-electron chi connectivity index (χ1n) is 5.41. The van der Waals surface area contributed by atoms with E-state index in [2.05, 4.69) is 10.1 Å². The van der Waals surface area contributed by atoms with Crippen molar-refractivity contribution in [1.29, 1.82) is 0 Å². The fraction of sp³-hybridized carbons (Fsp3) is 0.900. The van der Waals surface area contributed by atoms with Crippen LogP contribution in [0, 0.1) is 0 Å². The van der Waals surface area contributed by atoms with Gasteiger partial charge < -0.3 is 15.8 Å². The Morgan fingerprint density at radius 2 is 2.19 bits per heavy atom. The van der Waals surface area contributed by atoms with Crippen LogP contribution >= 0.6 is 0 Å². The van der Waals surface area contributed by atoms with E-state index in [0.717, 1.165) is 12.8 Å². The van der Waals surface area contributed by atoms with E-state index in [1.165, 1.54) is 0 Å². The van der Waals surface area contributed by atoms with Crippen LogP contribution in [0.15, 0.2) is 0 Å². The van der Waals surface area contributed by atoms with Crippen LogP contribution in [0.2, 0.25) is 0 Å². The second kappa shape index (κ2) is 9.47. The zero-order valence-corrected chi connectivity index (χ0v) is 9.55. The summed E-state index contributed by atoms with van der Waals surface area (Å²) >= 11 is 0. The van der Waals surface area contributed by atoms with Gasteiger partial charge in [0.2, 0.25) is 5.91 Å². The molecule has 0 fully saturated rings. The highest BCUT2D eigenvalue weighted by molar-refractivity contribution is 5.76. The van der Waals surface area contributed by atoms with E-state index in [1.54, 1.807) is 0 Å². The van der Waals surface area contributed by atoms with E-state index in [0.29, 0.717) is 6.54 Å². The lowest BCUT2D eigenvalue weighted by Gasteiger charge is -2.13. The van der Waals surface area contributed by atoms with Gasteiger partial charge in [-0.1, -0.05) is 0 Å². The molecule has 3 N–H and O–H groups in total. The summed E-state index contributed by atoms with van der Waals surface area (Å²) in [5.74, 6) is -0.182. The summed E-state index contributed by atoms with van der Waals surface area (Å²) in [4.78, 5) is 11.3. The second-order valence-corrected chi connectivity index (χ2v) is 3.62. The summed E-state index contributed by atoms with van der Waals surface area (Å²) in [5, 5.41) is 2.74. The molecule has 0 spiro atoms. The van der Waals surface area contributed by atoms with E-state index in [-0.39, 0.29) is 25.0 Å². The minimum absolute atomic E-state index is 0.0276. The monoisotopic (exact) mass is 238 g/mol. The molecule has 1 unspecified atom stereocenters. The van der Waals surface area contributed by atoms with Gasteiger partial charge in [0, 0.05) is 12.5 Å². The Kier molecular flexibility index (Phi) is 9.03. The first-order chi connectivity index (χ1) is 7.56. The number of rotatable bonds is 9. The van der Waals surface area contributed by atoms with Gasteiger partial charge in [-0.15, -0.1) is 0 Å². The summed E-state index contributed by atoms with van der Waals surface area (Å²) in [6.45, 7) is 1.89. The highest BCUT2D eigenvalue weighted by Crippen LogP contribution is 1.96. The Morgan fingerprint density at radius 1 is 1.50 bits per heavy atom. The third-order valence-corrected chi connectivity index (χ3v) is 1.97. The highest BCUT2D eigenvalue weighted by atomic mass is 19.3. The lowest BCUT2D eigenvalue weighted by Crippen LogP contribution is -2.33. The zero-order chi connectivity index (χ0) is 12.4. The minimum atomic E-state index is -2.48. The SMILES string of the molecule is CC(CCCN)NC(=O)CCOCC(F)F. The predicted octanol–water partition coefficient (Wildman–Crippen LogP) is 0.902. The first-order valence-corrected chi connectivity index (χ1v) is 5.41. The van der Waals surface area contributed by atoms with Crippen molar-refractivity contribution in [3.8, 4) is 0 Å². The van der Waals surface area contributed by atoms with Gasteiger partial charge in [-0.25, -0.2) is 8.78 Å². The lowest BCUT2D eigenvalue weighted by molar-refractivity contribution is -0.123. The molecule has 0 aromatic carbocycles. The number of alkyl halides is 2. The normalized spacial score (nSPS) is 12.8. The van der Waals surface area contributed by atoms with E-state index >= 15 is 0 Å². The molecule has 0 aromatic rings. The van der Waals surface area contributed by atoms with Crippen LogP contribution in [0.1, 0.15) is 26.2 Å². The molecule has 0 aliphatic rings. The third kappa shape index (κ3) is 9.79. The molecule has 1 amide bonds. The van der Waals surface area contributed by atoms with Crippen molar-refractivity contribution in [2.75, 3.05) is 19.8 Å². The number of amides is 1. The van der Waals surface area contributed by atoms with E-state index in [1.807, 2.05) is 6.92 Å². The Balaban J connectivity index is 3.43. The summed E-state index contributed by atoms with van der Waals surface area (Å²) in [6, 6.07) is 0.0612. The van der Waals surface area contributed by atoms with Crippen LogP contribution in [-0.4, -0.2) is 38.1 Å². The molecule has 1 atom stereocenters. The molecular formula is C10H20F2N2O2. The van der Waals surface area contributed by atoms with Crippen molar-refractivity contribution in [2.24, 2.45) is 5.73 Å². The standard InChI is InChI=1S/C10H20F2N2O2/c1-8(3-2-5-13)14-10(15)4-6-16-7-9(11)12/h8-9H,2-7,13H2,1H3,(H,14,15). The molecule has 0 aliphatic carbocycles. The average Bonchev–Trinajstić information content (AvgIpc) is 2.21. The summed E-state index contributed by atoms with van der Waals surface area (Å²) < 4.78 is 27.9. The molecule has 0 bridgehead atoms. The Bertz CT molecular complexity index is 192. The third-order valence-electron chi connectivity index (χ3n) is 1.97. The van der Waals surface area contributed by atoms with Crippen molar-refractivity contribution < 1.29 is 18.3 Å². The number of hydrogen-bond donors (Lipinski definition) is 2. The number of carbonyl (C=O) groups is 1. The van der Waals surface area contributed by atoms with Crippen LogP contribution in [0.4, 0.5) is 8.78 Å². The van der Waals surface area contributed by atoms with Crippen molar-refractivity contribution in [3.63, 3.8) is 0 Å². The Hall–Kier alpha value is -0.750. The quantitative estimate of drug-likeness (QED) is 0.587. The van der Waals surface area contributed by atoms with Gasteiger partial charge >= 0.3 is 0 Å². The van der Waals surface area contributed by atoms with Gasteiger partial charge in [-0.05, 0) is 26.3 Å². The molecular weight excluding hydrogens is 218 g/mol. The van der Waals surface area contributed by atoms with Crippen molar-refractivity contribution in [1.82, 2.24) is 5.32 Å². The zero-order valence-electron chi connectivity index (χ0n) is 9.55. The van der Waals surface area contributed by atoms with E-state index in [9.17, 15) is 13.6 Å². The maximum Gasteiger partial charge on any atom is 0.261 e. The van der Waals surface area contributed by atoms with Gasteiger partial charge in [0.1, 0.15) is 6.61 Å². The Labute approximate surface area is 94.5 Å². The molecule has 0 aromatic heterocycles. The number of nitrogens with two attached hydrogens (primary N) is 1. The molecule has 4 nitrogen and oxygen atoms in total. The van der Waals surface area contributed by atoms with Crippen molar-refractivity contribution >= 4 is 5.91 Å².